The Morgan fingerprint density at radius 2 is 1.81 bits per heavy atom. The van der Waals surface area contributed by atoms with Crippen molar-refractivity contribution >= 4 is 40.1 Å². The predicted molar refractivity (Wildman–Crippen MR) is 124 cm³/mol. The number of aliphatic imine (C=N–C) groups is 1. The average Bonchev–Trinajstić information content (AvgIpc) is 2.75. The Kier molecular flexibility index (Phi) is 7.94. The van der Waals surface area contributed by atoms with Crippen molar-refractivity contribution in [2.45, 2.75) is 32.4 Å². The molecule has 0 saturated carbocycles. The second kappa shape index (κ2) is 10.9. The normalized spacial score (nSPS) is 17.5. The summed E-state index contributed by atoms with van der Waals surface area (Å²) in [6.07, 6.45) is 0.123. The maximum atomic E-state index is 12.9. The zero-order valence-corrected chi connectivity index (χ0v) is 18.8. The van der Waals surface area contributed by atoms with E-state index in [0.29, 0.717) is 42.1 Å². The van der Waals surface area contributed by atoms with Crippen molar-refractivity contribution in [3.8, 4) is 11.5 Å². The van der Waals surface area contributed by atoms with Crippen molar-refractivity contribution in [1.82, 2.24) is 4.90 Å². The molecule has 0 aromatic heterocycles. The highest BCUT2D eigenvalue weighted by Crippen LogP contribution is 2.30. The molecule has 31 heavy (non-hydrogen) atoms. The number of thioether (sulfide) groups is 1. The van der Waals surface area contributed by atoms with E-state index in [4.69, 9.17) is 9.47 Å². The molecule has 1 atom stereocenters. The Hall–Kier alpha value is -3.00. The molecule has 1 aliphatic heterocycles. The fourth-order valence-electron chi connectivity index (χ4n) is 3.10. The van der Waals surface area contributed by atoms with Gasteiger partial charge in [0.1, 0.15) is 16.7 Å². The molecular formula is C23H27N3O4S. The van der Waals surface area contributed by atoms with E-state index < -0.39 is 5.25 Å². The van der Waals surface area contributed by atoms with Gasteiger partial charge in [0.25, 0.3) is 0 Å². The molecule has 1 aliphatic rings. The van der Waals surface area contributed by atoms with Gasteiger partial charge >= 0.3 is 0 Å². The van der Waals surface area contributed by atoms with E-state index in [-0.39, 0.29) is 18.2 Å². The van der Waals surface area contributed by atoms with Crippen LogP contribution in [0.25, 0.3) is 0 Å². The van der Waals surface area contributed by atoms with Crippen LogP contribution in [0.4, 0.5) is 11.4 Å². The molecule has 1 N–H and O–H groups in total. The smallest absolute Gasteiger partial charge is 0.238 e. The molecule has 1 unspecified atom stereocenters. The summed E-state index contributed by atoms with van der Waals surface area (Å²) in [7, 11) is 0. The highest BCUT2D eigenvalue weighted by atomic mass is 32.2. The minimum atomic E-state index is -0.563. The summed E-state index contributed by atoms with van der Waals surface area (Å²) in [6.45, 7) is 7.35. The maximum absolute atomic E-state index is 12.9. The molecule has 2 aromatic carbocycles. The van der Waals surface area contributed by atoms with Crippen LogP contribution in [0.3, 0.4) is 0 Å². The minimum Gasteiger partial charge on any atom is -0.494 e. The van der Waals surface area contributed by atoms with Crippen LogP contribution in [-0.2, 0) is 9.59 Å². The van der Waals surface area contributed by atoms with Gasteiger partial charge in [-0.15, -0.1) is 0 Å². The number of carbonyl (C=O) groups is 2. The lowest BCUT2D eigenvalue weighted by atomic mass is 10.2. The van der Waals surface area contributed by atoms with Gasteiger partial charge in [-0.25, -0.2) is 4.99 Å². The van der Waals surface area contributed by atoms with E-state index in [0.717, 1.165) is 5.75 Å². The molecule has 1 fully saturated rings. The first-order valence-corrected chi connectivity index (χ1v) is 11.2. The number of amidine groups is 1. The number of ether oxygens (including phenoxy) is 2. The minimum absolute atomic E-state index is 0.117. The molecule has 1 saturated heterocycles. The lowest BCUT2D eigenvalue weighted by Gasteiger charge is -2.30. The van der Waals surface area contributed by atoms with Gasteiger partial charge in [-0.1, -0.05) is 17.8 Å². The molecule has 8 heteroatoms. The van der Waals surface area contributed by atoms with Gasteiger partial charge in [0.15, 0.2) is 5.17 Å². The quantitative estimate of drug-likeness (QED) is 0.654. The van der Waals surface area contributed by atoms with Crippen LogP contribution in [0.15, 0.2) is 53.5 Å². The van der Waals surface area contributed by atoms with Crippen LogP contribution < -0.4 is 14.8 Å². The summed E-state index contributed by atoms with van der Waals surface area (Å²) < 4.78 is 10.9. The number of anilines is 1. The molecule has 1 heterocycles. The number of nitrogens with zero attached hydrogens (tertiary/aromatic N) is 2. The molecule has 0 aliphatic carbocycles. The summed E-state index contributed by atoms with van der Waals surface area (Å²) in [5.74, 6) is 1.09. The van der Waals surface area contributed by atoms with Crippen molar-refractivity contribution in [1.29, 1.82) is 0 Å². The molecule has 0 spiro atoms. The third-order valence-electron chi connectivity index (χ3n) is 4.53. The highest BCUT2D eigenvalue weighted by Gasteiger charge is 2.35. The topological polar surface area (TPSA) is 80.2 Å². The highest BCUT2D eigenvalue weighted by molar-refractivity contribution is 8.15. The number of nitrogens with one attached hydrogen (secondary N) is 1. The standard InChI is InChI=1S/C23H27N3O4S/c1-4-26-21(27)15-20(22(28)24-17-8-7-9-19(14-17)30-6-3)31-23(26)25-16-10-12-18(13-11-16)29-5-2/h7-14,20H,4-6,15H2,1-3H3,(H,24,28). The van der Waals surface area contributed by atoms with Gasteiger partial charge in [0, 0.05) is 24.7 Å². The van der Waals surface area contributed by atoms with Crippen LogP contribution in [0.5, 0.6) is 11.5 Å². The fraction of sp³-hybridized carbons (Fsp3) is 0.348. The summed E-state index contributed by atoms with van der Waals surface area (Å²) in [5.41, 5.74) is 1.33. The molecule has 0 bridgehead atoms. The Bertz CT molecular complexity index is 946. The van der Waals surface area contributed by atoms with Crippen LogP contribution in [-0.4, -0.2) is 46.9 Å². The van der Waals surface area contributed by atoms with Gasteiger partial charge in [-0.05, 0) is 57.2 Å². The van der Waals surface area contributed by atoms with Gasteiger partial charge in [-0.2, -0.15) is 0 Å². The first-order valence-electron chi connectivity index (χ1n) is 10.4. The molecular weight excluding hydrogens is 414 g/mol. The fourth-order valence-corrected chi connectivity index (χ4v) is 4.26. The third kappa shape index (κ3) is 6.01. The predicted octanol–water partition coefficient (Wildman–Crippen LogP) is 4.46. The maximum Gasteiger partial charge on any atom is 0.238 e. The number of amides is 2. The van der Waals surface area contributed by atoms with Crippen molar-refractivity contribution in [2.24, 2.45) is 4.99 Å². The Labute approximate surface area is 186 Å². The number of rotatable bonds is 8. The lowest BCUT2D eigenvalue weighted by molar-refractivity contribution is -0.129. The van der Waals surface area contributed by atoms with Gasteiger partial charge in [0.2, 0.25) is 11.8 Å². The molecule has 2 aromatic rings. The van der Waals surface area contributed by atoms with Crippen LogP contribution in [0, 0.1) is 0 Å². The number of hydrogen-bond donors (Lipinski definition) is 1. The monoisotopic (exact) mass is 441 g/mol. The third-order valence-corrected chi connectivity index (χ3v) is 5.72. The van der Waals surface area contributed by atoms with E-state index in [1.165, 1.54) is 11.8 Å². The van der Waals surface area contributed by atoms with E-state index in [2.05, 4.69) is 10.3 Å². The second-order valence-corrected chi connectivity index (χ2v) is 7.89. The molecule has 0 radical (unpaired) electrons. The van der Waals surface area contributed by atoms with Crippen LogP contribution >= 0.6 is 11.8 Å². The second-order valence-electron chi connectivity index (χ2n) is 6.72. The van der Waals surface area contributed by atoms with Crippen LogP contribution in [0.1, 0.15) is 27.2 Å². The number of benzene rings is 2. The van der Waals surface area contributed by atoms with Crippen molar-refractivity contribution in [3.63, 3.8) is 0 Å². The SMILES string of the molecule is CCOc1ccc(N=C2SC(C(=O)Nc3cccc(OCC)c3)CC(=O)N2CC)cc1. The Balaban J connectivity index is 1.76. The Morgan fingerprint density at radius 1 is 1.10 bits per heavy atom. The van der Waals surface area contributed by atoms with E-state index >= 15 is 0 Å². The number of carbonyl (C=O) groups excluding carboxylic acids is 2. The molecule has 2 amide bonds. The zero-order chi connectivity index (χ0) is 22.2. The van der Waals surface area contributed by atoms with Gasteiger partial charge in [0.05, 0.1) is 18.9 Å². The van der Waals surface area contributed by atoms with Gasteiger partial charge in [-0.3, -0.25) is 14.5 Å². The largest absolute Gasteiger partial charge is 0.494 e. The van der Waals surface area contributed by atoms with E-state index in [1.54, 1.807) is 17.0 Å². The van der Waals surface area contributed by atoms with Gasteiger partial charge < -0.3 is 14.8 Å². The summed E-state index contributed by atoms with van der Waals surface area (Å²) in [6, 6.07) is 14.6. The van der Waals surface area contributed by atoms with E-state index in [1.807, 2.05) is 57.2 Å². The van der Waals surface area contributed by atoms with Crippen molar-refractivity contribution in [3.05, 3.63) is 48.5 Å². The van der Waals surface area contributed by atoms with Crippen LogP contribution in [0.2, 0.25) is 0 Å². The summed E-state index contributed by atoms with van der Waals surface area (Å²) in [4.78, 5) is 31.8. The summed E-state index contributed by atoms with van der Waals surface area (Å²) in [5, 5.41) is 2.84. The summed E-state index contributed by atoms with van der Waals surface area (Å²) >= 11 is 1.30. The van der Waals surface area contributed by atoms with Crippen molar-refractivity contribution < 1.29 is 19.1 Å². The molecule has 164 valence electrons. The Morgan fingerprint density at radius 3 is 2.48 bits per heavy atom. The molecule has 3 rings (SSSR count). The molecule has 7 nitrogen and oxygen atoms in total. The lowest BCUT2D eigenvalue weighted by Crippen LogP contribution is -2.45. The zero-order valence-electron chi connectivity index (χ0n) is 18.0. The van der Waals surface area contributed by atoms with E-state index in [9.17, 15) is 9.59 Å². The first kappa shape index (κ1) is 22.7. The van der Waals surface area contributed by atoms with Crippen molar-refractivity contribution in [2.75, 3.05) is 25.1 Å². The average molecular weight is 442 g/mol. The first-order chi connectivity index (χ1) is 15.0. The number of hydrogen-bond acceptors (Lipinski definition) is 6.